The lowest BCUT2D eigenvalue weighted by Gasteiger charge is -2.21. The van der Waals surface area contributed by atoms with Crippen LogP contribution in [-0.4, -0.2) is 16.1 Å². The molecular weight excluding hydrogens is 431 g/mol. The maximum absolute atomic E-state index is 6.29. The van der Waals surface area contributed by atoms with Gasteiger partial charge in [0.05, 0.1) is 0 Å². The van der Waals surface area contributed by atoms with Gasteiger partial charge in [0.1, 0.15) is 16.1 Å². The number of anilines is 1. The van der Waals surface area contributed by atoms with E-state index in [1.54, 1.807) is 0 Å². The molecule has 2 N–H and O–H groups in total. The Hall–Kier alpha value is -2.47. The fraction of sp³-hybridized carbons (Fsp3) is 0.400. The van der Waals surface area contributed by atoms with Crippen LogP contribution in [0.15, 0.2) is 42.5 Å². The van der Waals surface area contributed by atoms with Crippen molar-refractivity contribution in [1.82, 2.24) is 0 Å². The Kier molecular flexibility index (Phi) is 8.11. The van der Waals surface area contributed by atoms with Gasteiger partial charge in [-0.2, -0.15) is 0 Å². The average Bonchev–Trinajstić information content (AvgIpc) is 2.86. The SMILES string of the molecule is CC[Si](C#Cc1c2ccccc2c(C#C[Si](CC)(CC)CC)c2cc(N)ccc12)(CC)CC. The molecule has 0 radical (unpaired) electrons. The second kappa shape index (κ2) is 10.6. The van der Waals surface area contributed by atoms with E-state index in [-0.39, 0.29) is 0 Å². The van der Waals surface area contributed by atoms with Crippen molar-refractivity contribution >= 4 is 43.4 Å². The molecule has 0 saturated heterocycles. The van der Waals surface area contributed by atoms with Crippen LogP contribution in [0.4, 0.5) is 5.69 Å². The molecule has 3 rings (SSSR count). The van der Waals surface area contributed by atoms with Gasteiger partial charge in [0.15, 0.2) is 0 Å². The van der Waals surface area contributed by atoms with Crippen LogP contribution < -0.4 is 5.73 Å². The number of hydrogen-bond acceptors (Lipinski definition) is 1. The zero-order valence-electron chi connectivity index (χ0n) is 21.4. The molecule has 172 valence electrons. The normalized spacial score (nSPS) is 11.7. The second-order valence-corrected chi connectivity index (χ2v) is 19.1. The zero-order valence-corrected chi connectivity index (χ0v) is 23.4. The lowest BCUT2D eigenvalue weighted by Crippen LogP contribution is -2.29. The first-order valence-electron chi connectivity index (χ1n) is 12.7. The third kappa shape index (κ3) is 4.91. The topological polar surface area (TPSA) is 26.0 Å². The quantitative estimate of drug-likeness (QED) is 0.167. The first-order chi connectivity index (χ1) is 15.9. The molecule has 3 aromatic rings. The molecule has 3 aromatic carbocycles. The van der Waals surface area contributed by atoms with Crippen molar-refractivity contribution in [2.24, 2.45) is 0 Å². The molecule has 1 nitrogen and oxygen atoms in total. The molecule has 0 fully saturated rings. The number of benzene rings is 3. The van der Waals surface area contributed by atoms with Crippen LogP contribution in [0.2, 0.25) is 36.3 Å². The Labute approximate surface area is 203 Å². The Balaban J connectivity index is 2.42. The molecule has 0 aromatic heterocycles. The predicted octanol–water partition coefficient (Wildman–Crippen LogP) is 8.37. The molecule has 0 amide bonds. The molecule has 0 saturated carbocycles. The van der Waals surface area contributed by atoms with Crippen molar-refractivity contribution in [3.8, 4) is 22.9 Å². The van der Waals surface area contributed by atoms with Gasteiger partial charge in [-0.1, -0.05) is 83.7 Å². The molecule has 0 unspecified atom stereocenters. The summed E-state index contributed by atoms with van der Waals surface area (Å²) in [6.07, 6.45) is 0. The van der Waals surface area contributed by atoms with Gasteiger partial charge in [0.25, 0.3) is 0 Å². The largest absolute Gasteiger partial charge is 0.399 e. The van der Waals surface area contributed by atoms with Crippen LogP contribution in [0.5, 0.6) is 0 Å². The Bertz CT molecular complexity index is 1240. The second-order valence-electron chi connectivity index (χ2n) is 9.28. The van der Waals surface area contributed by atoms with Gasteiger partial charge in [-0.3, -0.25) is 0 Å². The van der Waals surface area contributed by atoms with E-state index < -0.39 is 16.1 Å². The van der Waals surface area contributed by atoms with Gasteiger partial charge in [-0.25, -0.2) is 0 Å². The summed E-state index contributed by atoms with van der Waals surface area (Å²) in [6, 6.07) is 22.2. The number of hydrogen-bond donors (Lipinski definition) is 1. The van der Waals surface area contributed by atoms with E-state index >= 15 is 0 Å². The van der Waals surface area contributed by atoms with E-state index in [0.29, 0.717) is 0 Å². The summed E-state index contributed by atoms with van der Waals surface area (Å²) in [4.78, 5) is 0. The molecule has 0 aliphatic carbocycles. The Morgan fingerprint density at radius 1 is 0.576 bits per heavy atom. The van der Waals surface area contributed by atoms with E-state index in [1.807, 2.05) is 6.07 Å². The van der Waals surface area contributed by atoms with Crippen molar-refractivity contribution in [2.75, 3.05) is 5.73 Å². The number of nitrogens with two attached hydrogens (primary N) is 1. The number of rotatable bonds is 6. The van der Waals surface area contributed by atoms with E-state index in [0.717, 1.165) is 22.2 Å². The lowest BCUT2D eigenvalue weighted by molar-refractivity contribution is 1.20. The minimum absolute atomic E-state index is 0.782. The summed E-state index contributed by atoms with van der Waals surface area (Å²) in [5, 5.41) is 4.75. The van der Waals surface area contributed by atoms with E-state index in [4.69, 9.17) is 5.73 Å². The number of nitrogen functional groups attached to an aromatic ring is 1. The van der Waals surface area contributed by atoms with E-state index in [1.165, 1.54) is 52.4 Å². The van der Waals surface area contributed by atoms with Gasteiger partial charge in [-0.15, -0.1) is 11.1 Å². The van der Waals surface area contributed by atoms with Crippen molar-refractivity contribution < 1.29 is 0 Å². The van der Waals surface area contributed by atoms with E-state index in [9.17, 15) is 0 Å². The van der Waals surface area contributed by atoms with Gasteiger partial charge in [0.2, 0.25) is 0 Å². The summed E-state index contributed by atoms with van der Waals surface area (Å²) in [5.74, 6) is 7.41. The highest BCUT2D eigenvalue weighted by Gasteiger charge is 2.25. The fourth-order valence-electron chi connectivity index (χ4n) is 4.89. The van der Waals surface area contributed by atoms with Crippen LogP contribution >= 0.6 is 0 Å². The smallest absolute Gasteiger partial charge is 0.138 e. The van der Waals surface area contributed by atoms with Crippen LogP contribution in [0.3, 0.4) is 0 Å². The molecule has 0 heterocycles. The highest BCUT2D eigenvalue weighted by molar-refractivity contribution is 6.87. The van der Waals surface area contributed by atoms with Crippen molar-refractivity contribution in [3.05, 3.63) is 53.6 Å². The average molecular weight is 470 g/mol. The monoisotopic (exact) mass is 469 g/mol. The summed E-state index contributed by atoms with van der Waals surface area (Å²) >= 11 is 0. The van der Waals surface area contributed by atoms with E-state index in [2.05, 4.69) is 101 Å². The van der Waals surface area contributed by atoms with Crippen molar-refractivity contribution in [2.45, 2.75) is 77.8 Å². The highest BCUT2D eigenvalue weighted by Crippen LogP contribution is 2.34. The zero-order chi connectivity index (χ0) is 24.1. The summed E-state index contributed by atoms with van der Waals surface area (Å²) in [6.45, 7) is 13.9. The summed E-state index contributed by atoms with van der Waals surface area (Å²) in [5.41, 5.74) is 17.0. The van der Waals surface area contributed by atoms with Gasteiger partial charge in [-0.05, 0) is 64.6 Å². The van der Waals surface area contributed by atoms with Gasteiger partial charge >= 0.3 is 0 Å². The molecular formula is C30H39NSi2. The van der Waals surface area contributed by atoms with Crippen LogP contribution in [0, 0.1) is 22.9 Å². The maximum atomic E-state index is 6.29. The van der Waals surface area contributed by atoms with Crippen LogP contribution in [-0.2, 0) is 0 Å². The third-order valence-electron chi connectivity index (χ3n) is 8.01. The third-order valence-corrected chi connectivity index (χ3v) is 17.4. The molecule has 0 aliphatic heterocycles. The Morgan fingerprint density at radius 3 is 1.39 bits per heavy atom. The standard InChI is InChI=1S/C30H39NSi2/c1-7-32(8-2,9-3)21-19-28-25-15-13-14-16-26(25)29(20-22-33(10-4,11-5)12-6)30-23-24(31)17-18-27(28)30/h13-18,23H,7-12,31H2,1-6H3. The minimum Gasteiger partial charge on any atom is -0.399 e. The van der Waals surface area contributed by atoms with Crippen molar-refractivity contribution in [1.29, 1.82) is 0 Å². The minimum atomic E-state index is -1.57. The van der Waals surface area contributed by atoms with Gasteiger partial charge in [0, 0.05) is 22.2 Å². The fourth-order valence-corrected chi connectivity index (χ4v) is 9.73. The first-order valence-corrected chi connectivity index (χ1v) is 18.0. The molecule has 0 aliphatic rings. The van der Waals surface area contributed by atoms with Crippen LogP contribution in [0.1, 0.15) is 52.7 Å². The first kappa shape index (κ1) is 25.2. The lowest BCUT2D eigenvalue weighted by atomic mass is 9.92. The highest BCUT2D eigenvalue weighted by atomic mass is 28.3. The van der Waals surface area contributed by atoms with Gasteiger partial charge < -0.3 is 5.73 Å². The maximum Gasteiger partial charge on any atom is 0.138 e. The molecule has 33 heavy (non-hydrogen) atoms. The molecule has 0 spiro atoms. The summed E-state index contributed by atoms with van der Waals surface area (Å²) in [7, 11) is -3.13. The molecule has 0 atom stereocenters. The Morgan fingerprint density at radius 2 is 0.970 bits per heavy atom. The number of fused-ring (bicyclic) bond motifs is 2. The summed E-state index contributed by atoms with van der Waals surface area (Å²) < 4.78 is 0. The molecule has 0 bridgehead atoms. The van der Waals surface area contributed by atoms with Crippen molar-refractivity contribution in [3.63, 3.8) is 0 Å². The van der Waals surface area contributed by atoms with Crippen LogP contribution in [0.25, 0.3) is 21.5 Å². The predicted molar refractivity (Wildman–Crippen MR) is 154 cm³/mol. The molecule has 3 heteroatoms.